The summed E-state index contributed by atoms with van der Waals surface area (Å²) in [6.45, 7) is 2.62. The largest absolute Gasteiger partial charge is 0.377 e. The number of nitrogens with one attached hydrogen (secondary N) is 1. The lowest BCUT2D eigenvalue weighted by Crippen LogP contribution is -2.30. The van der Waals surface area contributed by atoms with Crippen LogP contribution in [0.3, 0.4) is 0 Å². The summed E-state index contributed by atoms with van der Waals surface area (Å²) in [5.74, 6) is 0.968. The molecule has 0 aliphatic carbocycles. The molecule has 0 saturated carbocycles. The number of halogens is 1. The van der Waals surface area contributed by atoms with Crippen molar-refractivity contribution < 1.29 is 4.74 Å². The minimum Gasteiger partial charge on any atom is -0.377 e. The third-order valence-electron chi connectivity index (χ3n) is 3.52. The van der Waals surface area contributed by atoms with E-state index in [4.69, 9.17) is 4.74 Å². The number of methoxy groups -OCH3 is 1. The summed E-state index contributed by atoms with van der Waals surface area (Å²) in [5, 5.41) is 3.39. The average Bonchev–Trinajstić information content (AvgIpc) is 2.77. The van der Waals surface area contributed by atoms with Gasteiger partial charge in [0, 0.05) is 23.8 Å². The fourth-order valence-electron chi connectivity index (χ4n) is 2.68. The van der Waals surface area contributed by atoms with Gasteiger partial charge in [0.15, 0.2) is 5.65 Å². The Morgan fingerprint density at radius 3 is 3.00 bits per heavy atom. The van der Waals surface area contributed by atoms with Gasteiger partial charge in [-0.1, -0.05) is 0 Å². The van der Waals surface area contributed by atoms with Gasteiger partial charge in [0.1, 0.15) is 17.9 Å². The molecule has 1 saturated heterocycles. The Hall–Kier alpha value is -0.980. The zero-order valence-corrected chi connectivity index (χ0v) is 12.5. The first-order chi connectivity index (χ1) is 9.29. The van der Waals surface area contributed by atoms with Crippen LogP contribution in [0.4, 0.5) is 0 Å². The van der Waals surface area contributed by atoms with Gasteiger partial charge in [-0.05, 0) is 47.9 Å². The summed E-state index contributed by atoms with van der Waals surface area (Å²) in [5.41, 5.74) is 1.89. The molecule has 3 rings (SSSR count). The van der Waals surface area contributed by atoms with Gasteiger partial charge in [0.25, 0.3) is 0 Å². The highest BCUT2D eigenvalue weighted by Crippen LogP contribution is 2.27. The predicted octanol–water partition coefficient (Wildman–Crippen LogP) is 2.26. The first kappa shape index (κ1) is 13.0. The highest BCUT2D eigenvalue weighted by molar-refractivity contribution is 9.10. The highest BCUT2D eigenvalue weighted by Gasteiger charge is 2.21. The van der Waals surface area contributed by atoms with Crippen molar-refractivity contribution in [2.24, 2.45) is 0 Å². The number of imidazole rings is 1. The van der Waals surface area contributed by atoms with Gasteiger partial charge in [-0.2, -0.15) is 0 Å². The SMILES string of the molecule is COCc1nc2cc(Br)cnc2n1C1CCNCC1. The van der Waals surface area contributed by atoms with Gasteiger partial charge in [-0.25, -0.2) is 9.97 Å². The summed E-state index contributed by atoms with van der Waals surface area (Å²) in [6, 6.07) is 2.48. The van der Waals surface area contributed by atoms with Crippen molar-refractivity contribution in [3.63, 3.8) is 0 Å². The van der Waals surface area contributed by atoms with Crippen LogP contribution in [0.15, 0.2) is 16.7 Å². The third-order valence-corrected chi connectivity index (χ3v) is 3.95. The minimum atomic E-state index is 0.463. The fourth-order valence-corrected chi connectivity index (χ4v) is 3.00. The highest BCUT2D eigenvalue weighted by atomic mass is 79.9. The van der Waals surface area contributed by atoms with Gasteiger partial charge in [-0.15, -0.1) is 0 Å². The van der Waals surface area contributed by atoms with Crippen molar-refractivity contribution in [1.29, 1.82) is 0 Å². The van der Waals surface area contributed by atoms with Crippen LogP contribution < -0.4 is 5.32 Å². The topological polar surface area (TPSA) is 52.0 Å². The van der Waals surface area contributed by atoms with Crippen LogP contribution in [0.1, 0.15) is 24.7 Å². The zero-order chi connectivity index (χ0) is 13.2. The molecular formula is C13H17BrN4O. The van der Waals surface area contributed by atoms with Gasteiger partial charge >= 0.3 is 0 Å². The Kier molecular flexibility index (Phi) is 3.81. The van der Waals surface area contributed by atoms with Crippen molar-refractivity contribution in [3.05, 3.63) is 22.6 Å². The smallest absolute Gasteiger partial charge is 0.160 e. The fraction of sp³-hybridized carbons (Fsp3) is 0.538. The lowest BCUT2D eigenvalue weighted by Gasteiger charge is -2.25. The molecule has 0 unspecified atom stereocenters. The molecule has 0 radical (unpaired) electrons. The standard InChI is InChI=1S/C13H17BrN4O/c1-19-8-12-17-11-6-9(14)7-16-13(11)18(12)10-2-4-15-5-3-10/h6-7,10,15H,2-5,8H2,1H3. The van der Waals surface area contributed by atoms with E-state index < -0.39 is 0 Å². The second-order valence-corrected chi connectivity index (χ2v) is 5.72. The van der Waals surface area contributed by atoms with Crippen LogP contribution in [0.2, 0.25) is 0 Å². The van der Waals surface area contributed by atoms with E-state index >= 15 is 0 Å². The monoisotopic (exact) mass is 324 g/mol. The number of pyridine rings is 1. The molecule has 2 aromatic rings. The number of rotatable bonds is 3. The quantitative estimate of drug-likeness (QED) is 0.941. The summed E-state index contributed by atoms with van der Waals surface area (Å²) in [4.78, 5) is 9.20. The van der Waals surface area contributed by atoms with Crippen molar-refractivity contribution in [2.45, 2.75) is 25.5 Å². The minimum absolute atomic E-state index is 0.463. The van der Waals surface area contributed by atoms with E-state index in [1.807, 2.05) is 12.3 Å². The van der Waals surface area contributed by atoms with E-state index in [1.54, 1.807) is 7.11 Å². The maximum atomic E-state index is 5.28. The Labute approximate surface area is 120 Å². The Morgan fingerprint density at radius 1 is 1.47 bits per heavy atom. The van der Waals surface area contributed by atoms with E-state index in [0.717, 1.165) is 47.4 Å². The van der Waals surface area contributed by atoms with Crippen LogP contribution in [0.5, 0.6) is 0 Å². The molecule has 3 heterocycles. The number of fused-ring (bicyclic) bond motifs is 1. The van der Waals surface area contributed by atoms with Gasteiger partial charge in [0.2, 0.25) is 0 Å². The van der Waals surface area contributed by atoms with Crippen LogP contribution in [-0.2, 0) is 11.3 Å². The predicted molar refractivity (Wildman–Crippen MR) is 77.1 cm³/mol. The Balaban J connectivity index is 2.09. The number of hydrogen-bond donors (Lipinski definition) is 1. The lowest BCUT2D eigenvalue weighted by molar-refractivity contribution is 0.171. The number of aromatic nitrogens is 3. The zero-order valence-electron chi connectivity index (χ0n) is 10.9. The third kappa shape index (κ3) is 2.52. The first-order valence-corrected chi connectivity index (χ1v) is 7.31. The van der Waals surface area contributed by atoms with Crippen molar-refractivity contribution in [1.82, 2.24) is 19.9 Å². The molecule has 1 fully saturated rings. The number of piperidine rings is 1. The first-order valence-electron chi connectivity index (χ1n) is 6.51. The summed E-state index contributed by atoms with van der Waals surface area (Å²) < 4.78 is 8.49. The van der Waals surface area contributed by atoms with Crippen LogP contribution in [-0.4, -0.2) is 34.7 Å². The van der Waals surface area contributed by atoms with E-state index in [9.17, 15) is 0 Å². The summed E-state index contributed by atoms with van der Waals surface area (Å²) >= 11 is 3.45. The Bertz CT molecular complexity index is 577. The molecule has 1 aliphatic rings. The van der Waals surface area contributed by atoms with Crippen LogP contribution >= 0.6 is 15.9 Å². The number of hydrogen-bond acceptors (Lipinski definition) is 4. The van der Waals surface area contributed by atoms with Gasteiger partial charge < -0.3 is 14.6 Å². The van der Waals surface area contributed by atoms with Crippen molar-refractivity contribution in [2.75, 3.05) is 20.2 Å². The normalized spacial score (nSPS) is 17.2. The second kappa shape index (κ2) is 5.56. The maximum Gasteiger partial charge on any atom is 0.160 e. The molecule has 0 spiro atoms. The van der Waals surface area contributed by atoms with Crippen molar-refractivity contribution in [3.8, 4) is 0 Å². The van der Waals surface area contributed by atoms with Gasteiger partial charge in [0.05, 0.1) is 0 Å². The molecule has 5 nitrogen and oxygen atoms in total. The number of nitrogens with zero attached hydrogens (tertiary/aromatic N) is 3. The van der Waals surface area contributed by atoms with E-state index in [2.05, 4.69) is 35.8 Å². The summed E-state index contributed by atoms with van der Waals surface area (Å²) in [7, 11) is 1.70. The lowest BCUT2D eigenvalue weighted by atomic mass is 10.1. The van der Waals surface area contributed by atoms with Crippen LogP contribution in [0.25, 0.3) is 11.2 Å². The second-order valence-electron chi connectivity index (χ2n) is 4.81. The van der Waals surface area contributed by atoms with E-state index in [-0.39, 0.29) is 0 Å². The average molecular weight is 325 g/mol. The van der Waals surface area contributed by atoms with Gasteiger partial charge in [-0.3, -0.25) is 0 Å². The molecule has 6 heteroatoms. The molecule has 19 heavy (non-hydrogen) atoms. The molecule has 0 bridgehead atoms. The molecule has 0 amide bonds. The van der Waals surface area contributed by atoms with E-state index in [1.165, 1.54) is 0 Å². The molecular weight excluding hydrogens is 308 g/mol. The molecule has 1 N–H and O–H groups in total. The molecule has 102 valence electrons. The molecule has 1 aliphatic heterocycles. The number of ether oxygens (including phenoxy) is 1. The van der Waals surface area contributed by atoms with Crippen molar-refractivity contribution >= 4 is 27.1 Å². The molecule has 0 atom stereocenters. The molecule has 2 aromatic heterocycles. The van der Waals surface area contributed by atoms with Crippen LogP contribution in [0, 0.1) is 0 Å². The summed E-state index contributed by atoms with van der Waals surface area (Å²) in [6.07, 6.45) is 4.05. The van der Waals surface area contributed by atoms with E-state index in [0.29, 0.717) is 12.6 Å². The Morgan fingerprint density at radius 2 is 2.26 bits per heavy atom. The maximum absolute atomic E-state index is 5.28. The molecule has 0 aromatic carbocycles.